The van der Waals surface area contributed by atoms with E-state index in [1.54, 1.807) is 23.9 Å². The van der Waals surface area contributed by atoms with Crippen molar-refractivity contribution in [1.29, 1.82) is 0 Å². The number of benzene rings is 1. The van der Waals surface area contributed by atoms with Crippen LogP contribution in [0.4, 0.5) is 10.1 Å². The highest BCUT2D eigenvalue weighted by Crippen LogP contribution is 2.35. The number of hydrogen-bond acceptors (Lipinski definition) is 7. The van der Waals surface area contributed by atoms with Crippen LogP contribution < -0.4 is 4.90 Å². The number of anilines is 1. The van der Waals surface area contributed by atoms with Crippen LogP contribution in [0.1, 0.15) is 38.1 Å². The van der Waals surface area contributed by atoms with E-state index in [9.17, 15) is 4.39 Å². The monoisotopic (exact) mass is 443 g/mol. The van der Waals surface area contributed by atoms with Gasteiger partial charge >= 0.3 is 0 Å². The van der Waals surface area contributed by atoms with Gasteiger partial charge in [-0.05, 0) is 70.3 Å². The van der Waals surface area contributed by atoms with Crippen molar-refractivity contribution in [1.82, 2.24) is 9.88 Å². The number of fused-ring (bicyclic) bond motifs is 1. The maximum Gasteiger partial charge on any atom is 0.181 e. The Kier molecular flexibility index (Phi) is 7.07. The van der Waals surface area contributed by atoms with Crippen molar-refractivity contribution in [2.24, 2.45) is 16.1 Å². The van der Waals surface area contributed by atoms with E-state index in [4.69, 9.17) is 4.42 Å². The van der Waals surface area contributed by atoms with Crippen molar-refractivity contribution < 1.29 is 8.81 Å². The molecule has 0 N–H and O–H groups in total. The van der Waals surface area contributed by atoms with Gasteiger partial charge in [0.25, 0.3) is 0 Å². The molecule has 0 saturated carbocycles. The van der Waals surface area contributed by atoms with Crippen LogP contribution in [0.15, 0.2) is 45.3 Å². The zero-order chi connectivity index (χ0) is 21.8. The van der Waals surface area contributed by atoms with Gasteiger partial charge in [0, 0.05) is 37.1 Å². The van der Waals surface area contributed by atoms with Crippen LogP contribution in [0.3, 0.4) is 0 Å². The minimum absolute atomic E-state index is 0.169. The molecule has 1 aromatic carbocycles. The molecule has 6 nitrogen and oxygen atoms in total. The second-order valence-electron chi connectivity index (χ2n) is 8.32. The fourth-order valence-corrected chi connectivity index (χ4v) is 5.23. The van der Waals surface area contributed by atoms with Crippen molar-refractivity contribution >= 4 is 28.2 Å². The number of halogens is 1. The molecule has 2 unspecified atom stereocenters. The molecule has 0 amide bonds. The van der Waals surface area contributed by atoms with Gasteiger partial charge < -0.3 is 14.2 Å². The van der Waals surface area contributed by atoms with Gasteiger partial charge in [-0.1, -0.05) is 0 Å². The van der Waals surface area contributed by atoms with Crippen LogP contribution in [0.5, 0.6) is 0 Å². The largest absolute Gasteiger partial charge is 0.442 e. The Morgan fingerprint density at radius 3 is 2.77 bits per heavy atom. The van der Waals surface area contributed by atoms with Crippen molar-refractivity contribution in [2.75, 3.05) is 36.8 Å². The normalized spacial score (nSPS) is 22.4. The molecule has 166 valence electrons. The number of oxazole rings is 1. The highest BCUT2D eigenvalue weighted by Gasteiger charge is 2.40. The van der Waals surface area contributed by atoms with Gasteiger partial charge in [-0.25, -0.2) is 9.37 Å². The first-order valence-corrected chi connectivity index (χ1v) is 11.9. The summed E-state index contributed by atoms with van der Waals surface area (Å²) in [5, 5.41) is 9.55. The Morgan fingerprint density at radius 2 is 2.03 bits per heavy atom. The van der Waals surface area contributed by atoms with Gasteiger partial charge in [-0.2, -0.15) is 5.10 Å². The average Bonchev–Trinajstić information content (AvgIpc) is 3.46. The van der Waals surface area contributed by atoms with E-state index in [0.29, 0.717) is 11.8 Å². The summed E-state index contributed by atoms with van der Waals surface area (Å²) in [6.45, 7) is 10.2. The average molecular weight is 444 g/mol. The second kappa shape index (κ2) is 9.96. The van der Waals surface area contributed by atoms with Gasteiger partial charge in [-0.15, -0.1) is 16.9 Å². The maximum absolute atomic E-state index is 13.3. The van der Waals surface area contributed by atoms with Gasteiger partial charge in [0.15, 0.2) is 12.2 Å². The van der Waals surface area contributed by atoms with Gasteiger partial charge in [0.05, 0.1) is 10.7 Å². The number of aryl methyl sites for hydroxylation is 1. The summed E-state index contributed by atoms with van der Waals surface area (Å²) in [6.07, 6.45) is 3.78. The number of nitrogens with zero attached hydrogens (tertiary/aromatic N) is 5. The standard InChI is InChI=1S/C23H30FN5OS/c1-16-23(30-15-25-16)17(2)26-27-18(3)31-12-4-10-28-13-19-9-11-29(22(19)14-28)21-7-5-20(24)6-8-21/h5-8,15,19,22H,4,9-14H2,1-3H3/b26-17+,27-18+. The number of aromatic nitrogens is 1. The fraction of sp³-hybridized carbons (Fsp3) is 0.522. The Hall–Kier alpha value is -2.19. The summed E-state index contributed by atoms with van der Waals surface area (Å²) in [7, 11) is 0. The molecule has 0 aliphatic carbocycles. The smallest absolute Gasteiger partial charge is 0.181 e. The van der Waals surface area contributed by atoms with E-state index >= 15 is 0 Å². The van der Waals surface area contributed by atoms with Gasteiger partial charge in [-0.3, -0.25) is 0 Å². The summed E-state index contributed by atoms with van der Waals surface area (Å²) in [5.74, 6) is 2.27. The molecule has 2 atom stereocenters. The highest BCUT2D eigenvalue weighted by atomic mass is 32.2. The van der Waals surface area contributed by atoms with E-state index in [0.717, 1.165) is 59.9 Å². The predicted octanol–water partition coefficient (Wildman–Crippen LogP) is 4.60. The Morgan fingerprint density at radius 1 is 1.23 bits per heavy atom. The number of thioether (sulfide) groups is 1. The van der Waals surface area contributed by atoms with E-state index in [1.165, 1.54) is 19.4 Å². The van der Waals surface area contributed by atoms with E-state index in [-0.39, 0.29) is 5.82 Å². The molecule has 0 spiro atoms. The number of rotatable bonds is 7. The first-order valence-electron chi connectivity index (χ1n) is 10.9. The third-order valence-electron chi connectivity index (χ3n) is 6.13. The minimum atomic E-state index is -0.169. The van der Waals surface area contributed by atoms with Gasteiger partial charge in [0.2, 0.25) is 0 Å². The Bertz CT molecular complexity index is 942. The predicted molar refractivity (Wildman–Crippen MR) is 126 cm³/mol. The van der Waals surface area contributed by atoms with Crippen molar-refractivity contribution in [2.45, 2.75) is 39.7 Å². The highest BCUT2D eigenvalue weighted by molar-refractivity contribution is 8.13. The molecule has 2 aromatic rings. The lowest BCUT2D eigenvalue weighted by Gasteiger charge is -2.27. The maximum atomic E-state index is 13.3. The molecular formula is C23H30FN5OS. The Labute approximate surface area is 187 Å². The first kappa shape index (κ1) is 22.0. The molecule has 3 heterocycles. The van der Waals surface area contributed by atoms with E-state index < -0.39 is 0 Å². The second-order valence-corrected chi connectivity index (χ2v) is 9.61. The quantitative estimate of drug-likeness (QED) is 0.271. The van der Waals surface area contributed by atoms with Crippen LogP contribution in [0, 0.1) is 18.7 Å². The molecule has 2 aliphatic rings. The fourth-order valence-electron chi connectivity index (χ4n) is 4.56. The molecule has 2 saturated heterocycles. The number of likely N-dealkylation sites (tertiary alicyclic amines) is 1. The summed E-state index contributed by atoms with van der Waals surface area (Å²) < 4.78 is 18.6. The third kappa shape index (κ3) is 5.36. The lowest BCUT2D eigenvalue weighted by molar-refractivity contribution is 0.319. The minimum Gasteiger partial charge on any atom is -0.442 e. The molecule has 0 radical (unpaired) electrons. The van der Waals surface area contributed by atoms with E-state index in [2.05, 4.69) is 25.0 Å². The molecule has 4 rings (SSSR count). The lowest BCUT2D eigenvalue weighted by Crippen LogP contribution is -2.35. The van der Waals surface area contributed by atoms with Crippen molar-refractivity contribution in [3.63, 3.8) is 0 Å². The molecule has 8 heteroatoms. The molecule has 1 aromatic heterocycles. The third-order valence-corrected chi connectivity index (χ3v) is 7.12. The van der Waals surface area contributed by atoms with Crippen LogP contribution in [-0.2, 0) is 0 Å². The Balaban J connectivity index is 1.20. The van der Waals surface area contributed by atoms with Crippen molar-refractivity contribution in [3.8, 4) is 0 Å². The summed E-state index contributed by atoms with van der Waals surface area (Å²) in [5.41, 5.74) is 2.72. The van der Waals surface area contributed by atoms with Crippen LogP contribution in [0.2, 0.25) is 0 Å². The number of hydrogen-bond donors (Lipinski definition) is 0. The summed E-state index contributed by atoms with van der Waals surface area (Å²) in [6, 6.07) is 7.50. The molecule has 2 fully saturated rings. The molecule has 31 heavy (non-hydrogen) atoms. The molecule has 2 aliphatic heterocycles. The SMILES string of the molecule is C/C(=N\N=C(/C)c1ocnc1C)SCCCN1CC2CCN(c3ccc(F)cc3)C2C1. The van der Waals surface area contributed by atoms with Crippen LogP contribution in [-0.4, -0.2) is 58.6 Å². The summed E-state index contributed by atoms with van der Waals surface area (Å²) >= 11 is 1.75. The van der Waals surface area contributed by atoms with Crippen LogP contribution >= 0.6 is 11.8 Å². The lowest BCUT2D eigenvalue weighted by atomic mass is 10.1. The van der Waals surface area contributed by atoms with E-state index in [1.807, 2.05) is 32.9 Å². The molecular weight excluding hydrogens is 413 g/mol. The van der Waals surface area contributed by atoms with Gasteiger partial charge in [0.1, 0.15) is 11.5 Å². The topological polar surface area (TPSA) is 57.2 Å². The molecule has 0 bridgehead atoms. The van der Waals surface area contributed by atoms with Crippen LogP contribution in [0.25, 0.3) is 0 Å². The zero-order valence-corrected chi connectivity index (χ0v) is 19.2. The van der Waals surface area contributed by atoms with Crippen molar-refractivity contribution in [3.05, 3.63) is 47.9 Å². The summed E-state index contributed by atoms with van der Waals surface area (Å²) in [4.78, 5) is 9.13. The first-order chi connectivity index (χ1) is 15.0. The zero-order valence-electron chi connectivity index (χ0n) is 18.4.